The minimum Gasteiger partial charge on any atom is -0.477 e. The van der Waals surface area contributed by atoms with Gasteiger partial charge in [-0.3, -0.25) is 0 Å². The number of aliphatic hydroxyl groups is 2. The molecule has 0 atom stereocenters. The lowest BCUT2D eigenvalue weighted by Crippen LogP contribution is -2.32. The van der Waals surface area contributed by atoms with Gasteiger partial charge in [0.2, 0.25) is 0 Å². The fraction of sp³-hybridized carbons (Fsp3) is 0.556. The van der Waals surface area contributed by atoms with Gasteiger partial charge in [0.25, 0.3) is 0 Å². The summed E-state index contributed by atoms with van der Waals surface area (Å²) in [6, 6.07) is 0. The van der Waals surface area contributed by atoms with Gasteiger partial charge in [-0.1, -0.05) is 30.1 Å². The van der Waals surface area contributed by atoms with Gasteiger partial charge in [-0.2, -0.15) is 0 Å². The number of aliphatic hydroxyl groups excluding tert-OH is 2. The highest BCUT2D eigenvalue weighted by Gasteiger charge is 2.26. The summed E-state index contributed by atoms with van der Waals surface area (Å²) in [4.78, 5) is 21.6. The Labute approximate surface area is 107 Å². The molecule has 0 amide bonds. The largest absolute Gasteiger partial charge is 0.477 e. The van der Waals surface area contributed by atoms with E-state index in [0.29, 0.717) is 0 Å². The number of carboxylic acids is 1. The third-order valence-electron chi connectivity index (χ3n) is 1.87. The van der Waals surface area contributed by atoms with Crippen LogP contribution in [0.3, 0.4) is 0 Å². The molecule has 0 radical (unpaired) electrons. The van der Waals surface area contributed by atoms with E-state index in [1.54, 1.807) is 0 Å². The average Bonchev–Trinajstić information content (AvgIpc) is 2.33. The Bertz CT molecular complexity index is 334. The van der Waals surface area contributed by atoms with Crippen molar-refractivity contribution in [3.8, 4) is 0 Å². The number of halogens is 2. The third-order valence-corrected chi connectivity index (χ3v) is 2.67. The van der Waals surface area contributed by atoms with Crippen LogP contribution in [0.5, 0.6) is 0 Å². The predicted molar refractivity (Wildman–Crippen MR) is 59.6 cm³/mol. The second-order valence-electron chi connectivity index (χ2n) is 3.64. The van der Waals surface area contributed by atoms with Crippen LogP contribution in [-0.2, 0) is 14.3 Å². The standard InChI is InChI=1S/C9H12Cl2O6/c1-9(2-12,3-13)4-17-8(16)6(11)5(10)7(14)15/h12-13H,2-4H2,1H3,(H,14,15)/b6-5-. The summed E-state index contributed by atoms with van der Waals surface area (Å²) < 4.78 is 4.63. The zero-order valence-electron chi connectivity index (χ0n) is 8.94. The highest BCUT2D eigenvalue weighted by Crippen LogP contribution is 2.19. The molecule has 0 unspecified atom stereocenters. The van der Waals surface area contributed by atoms with Crippen molar-refractivity contribution < 1.29 is 29.6 Å². The topological polar surface area (TPSA) is 104 Å². The number of ether oxygens (including phenoxy) is 1. The second kappa shape index (κ2) is 6.80. The van der Waals surface area contributed by atoms with Crippen molar-refractivity contribution in [1.82, 2.24) is 0 Å². The molecule has 0 saturated carbocycles. The molecule has 6 nitrogen and oxygen atoms in total. The van der Waals surface area contributed by atoms with E-state index in [1.807, 2.05) is 0 Å². The minimum absolute atomic E-state index is 0.321. The second-order valence-corrected chi connectivity index (χ2v) is 4.39. The molecule has 0 aliphatic rings. The number of aliphatic carboxylic acids is 1. The van der Waals surface area contributed by atoms with Gasteiger partial charge in [-0.05, 0) is 0 Å². The molecule has 98 valence electrons. The quantitative estimate of drug-likeness (QED) is 0.479. The summed E-state index contributed by atoms with van der Waals surface area (Å²) in [5.74, 6) is -2.69. The Morgan fingerprint density at radius 1 is 1.18 bits per heavy atom. The molecule has 0 aromatic rings. The summed E-state index contributed by atoms with van der Waals surface area (Å²) in [6.07, 6.45) is 0. The number of hydrogen-bond acceptors (Lipinski definition) is 5. The van der Waals surface area contributed by atoms with Gasteiger partial charge in [-0.25, -0.2) is 9.59 Å². The van der Waals surface area contributed by atoms with Gasteiger partial charge < -0.3 is 20.1 Å². The van der Waals surface area contributed by atoms with E-state index in [1.165, 1.54) is 6.92 Å². The van der Waals surface area contributed by atoms with E-state index in [2.05, 4.69) is 4.74 Å². The smallest absolute Gasteiger partial charge is 0.351 e. The monoisotopic (exact) mass is 286 g/mol. The van der Waals surface area contributed by atoms with Crippen molar-refractivity contribution in [2.45, 2.75) is 6.92 Å². The summed E-state index contributed by atoms with van der Waals surface area (Å²) in [6.45, 7) is 0.324. The molecule has 0 saturated heterocycles. The van der Waals surface area contributed by atoms with Crippen LogP contribution < -0.4 is 0 Å². The number of hydrogen-bond donors (Lipinski definition) is 3. The molecule has 0 aliphatic heterocycles. The summed E-state index contributed by atoms with van der Waals surface area (Å²) in [7, 11) is 0. The lowest BCUT2D eigenvalue weighted by Gasteiger charge is -2.23. The third kappa shape index (κ3) is 4.91. The first-order valence-electron chi connectivity index (χ1n) is 4.45. The first kappa shape index (κ1) is 16.2. The Hall–Kier alpha value is -0.820. The van der Waals surface area contributed by atoms with E-state index in [9.17, 15) is 9.59 Å². The Morgan fingerprint density at radius 2 is 1.65 bits per heavy atom. The highest BCUT2D eigenvalue weighted by atomic mass is 35.5. The van der Waals surface area contributed by atoms with E-state index < -0.39 is 40.6 Å². The number of esters is 1. The number of carbonyl (C=O) groups is 2. The molecule has 0 aromatic carbocycles. The molecule has 8 heteroatoms. The molecule has 0 aliphatic carbocycles. The Balaban J connectivity index is 4.58. The van der Waals surface area contributed by atoms with Crippen LogP contribution >= 0.6 is 23.2 Å². The van der Waals surface area contributed by atoms with Crippen LogP contribution in [-0.4, -0.2) is 47.1 Å². The zero-order valence-corrected chi connectivity index (χ0v) is 10.5. The van der Waals surface area contributed by atoms with E-state index in [-0.39, 0.29) is 6.61 Å². The van der Waals surface area contributed by atoms with Crippen molar-refractivity contribution in [3.63, 3.8) is 0 Å². The Kier molecular flexibility index (Phi) is 6.48. The maximum Gasteiger partial charge on any atom is 0.351 e. The Morgan fingerprint density at radius 3 is 2.00 bits per heavy atom. The molecule has 0 spiro atoms. The van der Waals surface area contributed by atoms with Gasteiger partial charge in [0.05, 0.1) is 13.2 Å². The average molecular weight is 287 g/mol. The van der Waals surface area contributed by atoms with Gasteiger partial charge in [-0.15, -0.1) is 0 Å². The van der Waals surface area contributed by atoms with Crippen molar-refractivity contribution >= 4 is 35.1 Å². The molecule has 0 heterocycles. The van der Waals surface area contributed by atoms with Crippen molar-refractivity contribution in [2.24, 2.45) is 5.41 Å². The molecule has 0 bridgehead atoms. The molecule has 0 rings (SSSR count). The van der Waals surface area contributed by atoms with Gasteiger partial charge in [0.1, 0.15) is 6.61 Å². The van der Waals surface area contributed by atoms with Crippen molar-refractivity contribution in [1.29, 1.82) is 0 Å². The molecule has 3 N–H and O–H groups in total. The van der Waals surface area contributed by atoms with Crippen LogP contribution in [0.4, 0.5) is 0 Å². The zero-order chi connectivity index (χ0) is 13.6. The molecule has 17 heavy (non-hydrogen) atoms. The minimum atomic E-state index is -1.55. The first-order valence-corrected chi connectivity index (χ1v) is 5.20. The summed E-state index contributed by atoms with van der Waals surface area (Å²) in [5, 5.41) is 24.7. The highest BCUT2D eigenvalue weighted by molar-refractivity contribution is 6.52. The predicted octanol–water partition coefficient (Wildman–Crippen LogP) is 0.294. The summed E-state index contributed by atoms with van der Waals surface area (Å²) >= 11 is 10.6. The molecule has 0 aromatic heterocycles. The van der Waals surface area contributed by atoms with E-state index in [0.717, 1.165) is 0 Å². The molecular weight excluding hydrogens is 275 g/mol. The van der Waals surface area contributed by atoms with Gasteiger partial charge in [0.15, 0.2) is 10.1 Å². The maximum atomic E-state index is 11.2. The molecular formula is C9H12Cl2O6. The maximum absolute atomic E-state index is 11.2. The van der Waals surface area contributed by atoms with Crippen LogP contribution in [0.1, 0.15) is 6.92 Å². The summed E-state index contributed by atoms with van der Waals surface area (Å²) in [5.41, 5.74) is -1.03. The van der Waals surface area contributed by atoms with Crippen molar-refractivity contribution in [2.75, 3.05) is 19.8 Å². The van der Waals surface area contributed by atoms with Crippen LogP contribution in [0, 0.1) is 5.41 Å². The fourth-order valence-electron chi connectivity index (χ4n) is 0.628. The fourth-order valence-corrected chi connectivity index (χ4v) is 0.840. The number of carbonyl (C=O) groups excluding carboxylic acids is 1. The van der Waals surface area contributed by atoms with E-state index in [4.69, 9.17) is 38.5 Å². The molecule has 0 fully saturated rings. The van der Waals surface area contributed by atoms with E-state index >= 15 is 0 Å². The van der Waals surface area contributed by atoms with Crippen molar-refractivity contribution in [3.05, 3.63) is 10.1 Å². The number of carboxylic acid groups (broad SMARTS) is 1. The van der Waals surface area contributed by atoms with Crippen LogP contribution in [0.15, 0.2) is 10.1 Å². The van der Waals surface area contributed by atoms with Gasteiger partial charge in [0, 0.05) is 5.41 Å². The normalized spacial score (nSPS) is 13.0. The van der Waals surface area contributed by atoms with Crippen LogP contribution in [0.2, 0.25) is 0 Å². The first-order chi connectivity index (χ1) is 7.77. The number of rotatable bonds is 6. The lowest BCUT2D eigenvalue weighted by molar-refractivity contribution is -0.144. The van der Waals surface area contributed by atoms with Crippen LogP contribution in [0.25, 0.3) is 0 Å². The lowest BCUT2D eigenvalue weighted by atomic mass is 9.95. The van der Waals surface area contributed by atoms with Gasteiger partial charge >= 0.3 is 11.9 Å². The SMILES string of the molecule is CC(CO)(CO)COC(=O)/C(Cl)=C(/Cl)C(=O)O.